The molecule has 18 heteroatoms. The second kappa shape index (κ2) is 17.3. The van der Waals surface area contributed by atoms with Gasteiger partial charge in [0.2, 0.25) is 5.60 Å². The maximum absolute atomic E-state index is 14.8. The second-order valence-corrected chi connectivity index (χ2v) is 17.2. The van der Waals surface area contributed by atoms with E-state index in [4.69, 9.17) is 38.5 Å². The number of nitriles is 1. The van der Waals surface area contributed by atoms with Crippen LogP contribution in [0.5, 0.6) is 5.75 Å². The summed E-state index contributed by atoms with van der Waals surface area (Å²) in [6.07, 6.45) is -2.65. The van der Waals surface area contributed by atoms with E-state index in [9.17, 15) is 24.2 Å². The summed E-state index contributed by atoms with van der Waals surface area (Å²) in [5.41, 5.74) is 5.14. The van der Waals surface area contributed by atoms with Gasteiger partial charge in [0.05, 0.1) is 37.4 Å². The molecule has 2 aliphatic heterocycles. The molecule has 2 aliphatic rings. The molecule has 5 rings (SSSR count). The van der Waals surface area contributed by atoms with Crippen LogP contribution < -0.4 is 15.3 Å². The molecule has 0 amide bonds. The number of esters is 3. The van der Waals surface area contributed by atoms with E-state index in [1.807, 2.05) is 32.9 Å². The monoisotopic (exact) mass is 798 g/mol. The zero-order valence-electron chi connectivity index (χ0n) is 32.9. The van der Waals surface area contributed by atoms with Crippen molar-refractivity contribution in [2.24, 2.45) is 11.8 Å². The first kappa shape index (κ1) is 42.6. The number of fused-ring (bicyclic) bond motifs is 1. The molecule has 0 radical (unpaired) electrons. The zero-order valence-corrected chi connectivity index (χ0v) is 33.8. The first-order valence-electron chi connectivity index (χ1n) is 18.6. The number of aromatic nitrogens is 3. The molecular weight excluding hydrogens is 747 g/mol. The fourth-order valence-corrected chi connectivity index (χ4v) is 7.60. The number of carbonyl (C=O) groups is 3. The van der Waals surface area contributed by atoms with Gasteiger partial charge in [-0.3, -0.25) is 18.9 Å². The highest BCUT2D eigenvalue weighted by molar-refractivity contribution is 7.52. The molecule has 0 spiro atoms. The summed E-state index contributed by atoms with van der Waals surface area (Å²) < 4.78 is 57.4. The maximum Gasteiger partial charge on any atom is 0.459 e. The Morgan fingerprint density at radius 3 is 2.25 bits per heavy atom. The molecule has 304 valence electrons. The van der Waals surface area contributed by atoms with Gasteiger partial charge in [0, 0.05) is 12.8 Å². The molecule has 4 heterocycles. The summed E-state index contributed by atoms with van der Waals surface area (Å²) in [7, 11) is -4.54. The van der Waals surface area contributed by atoms with E-state index in [-0.39, 0.29) is 28.8 Å². The number of nitrogens with zero attached hydrogens (tertiary/aromatic N) is 4. The number of ether oxygens (including phenoxy) is 5. The van der Waals surface area contributed by atoms with Crippen molar-refractivity contribution in [3.8, 4) is 11.8 Å². The van der Waals surface area contributed by atoms with Gasteiger partial charge in [-0.25, -0.2) is 14.1 Å². The van der Waals surface area contributed by atoms with Crippen LogP contribution in [0.4, 0.5) is 5.82 Å². The number of nitrogens with one attached hydrogen (secondary N) is 1. The summed E-state index contributed by atoms with van der Waals surface area (Å²) in [5.74, 6) is -3.16. The van der Waals surface area contributed by atoms with Crippen molar-refractivity contribution in [1.29, 1.82) is 5.26 Å². The van der Waals surface area contributed by atoms with Gasteiger partial charge in [-0.1, -0.05) is 60.6 Å². The van der Waals surface area contributed by atoms with Crippen molar-refractivity contribution < 1.29 is 51.7 Å². The minimum absolute atomic E-state index is 0.0831. The summed E-state index contributed by atoms with van der Waals surface area (Å²) in [4.78, 5) is 43.7. The van der Waals surface area contributed by atoms with Crippen LogP contribution in [0.25, 0.3) is 5.52 Å². The number of carbonyl (C=O) groups excluding carboxylic acids is 3. The number of anilines is 1. The van der Waals surface area contributed by atoms with Gasteiger partial charge >= 0.3 is 25.7 Å². The lowest BCUT2D eigenvalue weighted by atomic mass is 9.87. The van der Waals surface area contributed by atoms with Gasteiger partial charge in [0.1, 0.15) is 41.9 Å². The molecule has 0 aliphatic carbocycles. The molecular formula is C38H51N6O11P. The Hall–Kier alpha value is -4.59. The van der Waals surface area contributed by atoms with Crippen molar-refractivity contribution in [2.75, 3.05) is 25.6 Å². The minimum Gasteiger partial charge on any atom is -0.461 e. The molecule has 1 aromatic carbocycles. The maximum atomic E-state index is 14.8. The SMILES string of the molecule is CC(C)C(=O)O[C@H]1[C@@H](OC(=O)C(C)C)[C@](C#N)(c2ccc3c(N)ncnn23)O[C@@H]1COP(=O)(N[C@@H](C)C(=O)OC1CCOCC1)Oc1ccc(C(C)(C)C)cc1. The van der Waals surface area contributed by atoms with E-state index < -0.39 is 74.1 Å². The molecule has 6 atom stereocenters. The van der Waals surface area contributed by atoms with Crippen LogP contribution in [0, 0.1) is 23.2 Å². The normalized spacial score (nSPS) is 23.3. The minimum atomic E-state index is -4.54. The topological polar surface area (TPSA) is 225 Å². The predicted octanol–water partition coefficient (Wildman–Crippen LogP) is 4.77. The Kier molecular flexibility index (Phi) is 13.1. The summed E-state index contributed by atoms with van der Waals surface area (Å²) in [5, 5.41) is 17.9. The first-order chi connectivity index (χ1) is 26.4. The van der Waals surface area contributed by atoms with Crippen molar-refractivity contribution >= 4 is 37.0 Å². The van der Waals surface area contributed by atoms with E-state index in [2.05, 4.69) is 21.2 Å². The average Bonchev–Trinajstić information content (AvgIpc) is 3.71. The van der Waals surface area contributed by atoms with Crippen molar-refractivity contribution in [1.82, 2.24) is 19.7 Å². The predicted molar refractivity (Wildman–Crippen MR) is 201 cm³/mol. The van der Waals surface area contributed by atoms with Gasteiger partial charge in [-0.2, -0.15) is 15.4 Å². The number of rotatable bonds is 14. The third kappa shape index (κ3) is 9.50. The molecule has 3 aromatic rings. The number of benzene rings is 1. The van der Waals surface area contributed by atoms with E-state index in [0.29, 0.717) is 31.6 Å². The molecule has 3 N–H and O–H groups in total. The molecule has 2 aromatic heterocycles. The summed E-state index contributed by atoms with van der Waals surface area (Å²) >= 11 is 0. The Balaban J connectivity index is 1.53. The van der Waals surface area contributed by atoms with E-state index >= 15 is 0 Å². The lowest BCUT2D eigenvalue weighted by molar-refractivity contribution is -0.173. The molecule has 56 heavy (non-hydrogen) atoms. The smallest absolute Gasteiger partial charge is 0.459 e. The summed E-state index contributed by atoms with van der Waals surface area (Å²) in [6, 6.07) is 10.9. The molecule has 1 unspecified atom stereocenters. The largest absolute Gasteiger partial charge is 0.461 e. The van der Waals surface area contributed by atoms with Gasteiger partial charge < -0.3 is 33.9 Å². The van der Waals surface area contributed by atoms with Crippen molar-refractivity contribution in [2.45, 2.75) is 110 Å². The van der Waals surface area contributed by atoms with Crippen LogP contribution in [-0.2, 0) is 58.2 Å². The van der Waals surface area contributed by atoms with Crippen LogP contribution in [0.1, 0.15) is 79.5 Å². The van der Waals surface area contributed by atoms with Gasteiger partial charge in [0.15, 0.2) is 18.0 Å². The molecule has 2 saturated heterocycles. The van der Waals surface area contributed by atoms with Crippen LogP contribution in [0.2, 0.25) is 0 Å². The number of nitrogen functional groups attached to an aromatic ring is 1. The third-order valence-corrected chi connectivity index (χ3v) is 11.0. The van der Waals surface area contributed by atoms with Crippen LogP contribution >= 0.6 is 7.75 Å². The van der Waals surface area contributed by atoms with Gasteiger partial charge in [0.25, 0.3) is 0 Å². The van der Waals surface area contributed by atoms with E-state index in [1.54, 1.807) is 45.9 Å². The van der Waals surface area contributed by atoms with Crippen molar-refractivity contribution in [3.63, 3.8) is 0 Å². The number of hydrogen-bond donors (Lipinski definition) is 2. The quantitative estimate of drug-likeness (QED) is 0.127. The standard InChI is InChI=1S/C38H51N6O11P/c1-22(2)34(45)52-31-29(54-38(20-39,32(31)53-35(46)23(3)4)30-14-13-28-33(40)41-21-42-44(28)30)19-50-56(48,55-27-11-9-25(10-12-27)37(6,7)8)43-24(5)36(47)51-26-15-17-49-18-16-26/h9-14,21-24,26,29,31-32H,15-19H2,1-8H3,(H,43,48)(H2,40,41,42)/t24-,29+,31+,32+,38-,56?/m0/s1. The van der Waals surface area contributed by atoms with Crippen molar-refractivity contribution in [3.05, 3.63) is 54.0 Å². The second-order valence-electron chi connectivity index (χ2n) is 15.5. The molecule has 2 fully saturated rings. The Morgan fingerprint density at radius 2 is 1.64 bits per heavy atom. The fraction of sp³-hybridized carbons (Fsp3) is 0.579. The van der Waals surface area contributed by atoms with Gasteiger partial charge in [-0.05, 0) is 42.2 Å². The van der Waals surface area contributed by atoms with Crippen LogP contribution in [0.3, 0.4) is 0 Å². The highest BCUT2D eigenvalue weighted by atomic mass is 31.2. The molecule has 0 bridgehead atoms. The Morgan fingerprint density at radius 1 is 1.00 bits per heavy atom. The van der Waals surface area contributed by atoms with Gasteiger partial charge in [-0.15, -0.1) is 0 Å². The highest BCUT2D eigenvalue weighted by Crippen LogP contribution is 2.49. The van der Waals surface area contributed by atoms with Crippen LogP contribution in [0.15, 0.2) is 42.7 Å². The van der Waals surface area contributed by atoms with E-state index in [0.717, 1.165) is 5.56 Å². The Labute approximate surface area is 326 Å². The lowest BCUT2D eigenvalue weighted by Crippen LogP contribution is -2.47. The fourth-order valence-electron chi connectivity index (χ4n) is 6.10. The van der Waals surface area contributed by atoms with E-state index in [1.165, 1.54) is 23.8 Å². The average molecular weight is 799 g/mol. The van der Waals surface area contributed by atoms with Crippen LogP contribution in [-0.4, -0.2) is 82.8 Å². The summed E-state index contributed by atoms with van der Waals surface area (Å²) in [6.45, 7) is 14.2. The number of hydrogen-bond acceptors (Lipinski definition) is 15. The highest BCUT2D eigenvalue weighted by Gasteiger charge is 2.63. The third-order valence-electron chi connectivity index (χ3n) is 9.38. The zero-order chi connectivity index (χ0) is 41.0. The number of nitrogens with two attached hydrogens (primary N) is 1. The lowest BCUT2D eigenvalue weighted by Gasteiger charge is -2.29. The Bertz CT molecular complexity index is 1970. The molecule has 17 nitrogen and oxygen atoms in total. The molecule has 0 saturated carbocycles. The first-order valence-corrected chi connectivity index (χ1v) is 20.1.